The molecule has 1 aromatic rings. The lowest BCUT2D eigenvalue weighted by atomic mass is 10.1. The first kappa shape index (κ1) is 55.9. The summed E-state index contributed by atoms with van der Waals surface area (Å²) in [5, 5.41) is 0. The van der Waals surface area contributed by atoms with Gasteiger partial charge in [-0.05, 0) is 73.0 Å². The minimum Gasteiger partial charge on any atom is -0.464 e. The van der Waals surface area contributed by atoms with Gasteiger partial charge in [-0.3, -0.25) is 14.4 Å². The molecule has 1 rings (SSSR count). The second kappa shape index (κ2) is 39.7. The van der Waals surface area contributed by atoms with Gasteiger partial charge in [0.15, 0.2) is 0 Å². The van der Waals surface area contributed by atoms with Gasteiger partial charge in [0.05, 0.1) is 19.6 Å². The van der Waals surface area contributed by atoms with Crippen LogP contribution in [-0.4, -0.2) is 85.9 Å². The molecule has 0 spiro atoms. The lowest BCUT2D eigenvalue weighted by Gasteiger charge is -2.14. The van der Waals surface area contributed by atoms with Crippen molar-refractivity contribution in [3.63, 3.8) is 0 Å². The second-order valence-electron chi connectivity index (χ2n) is 15.4. The molecule has 0 aliphatic carbocycles. The van der Waals surface area contributed by atoms with E-state index < -0.39 is 35.0 Å². The maximum absolute atomic E-state index is 13.4. The number of carbonyl (C=O) groups is 3. The van der Waals surface area contributed by atoms with Gasteiger partial charge in [-0.15, -0.1) is 0 Å². The summed E-state index contributed by atoms with van der Waals surface area (Å²) in [5.41, 5.74) is -2.66. The van der Waals surface area contributed by atoms with E-state index in [4.69, 9.17) is 14.2 Å². The Morgan fingerprint density at radius 3 is 0.867 bits per heavy atom. The first-order valence-corrected chi connectivity index (χ1v) is 26.9. The summed E-state index contributed by atoms with van der Waals surface area (Å²) in [6.07, 6.45) is 25.2. The van der Waals surface area contributed by atoms with Gasteiger partial charge < -0.3 is 14.2 Å². The van der Waals surface area contributed by atoms with Crippen LogP contribution in [0.5, 0.6) is 0 Å². The standard InChI is InChI=1S/C45H81N3O9S3/c1-4-7-10-13-16-19-34-58-37-22-25-40(49)55-31-28-46-43(52)47(29-32-56-41(50)26-23-38-59-35-20-17-14-11-8-5-2)45(54)48(44(46)53)30-33-57-42(51)27-24-39-60-36-21-18-15-12-9-6-3/h4-39H2,1-3H3. The summed E-state index contributed by atoms with van der Waals surface area (Å²) in [7, 11) is 0. The Labute approximate surface area is 374 Å². The molecule has 12 nitrogen and oxygen atoms in total. The van der Waals surface area contributed by atoms with Crippen molar-refractivity contribution in [2.75, 3.05) is 54.3 Å². The molecule has 0 fully saturated rings. The third kappa shape index (κ3) is 29.2. The summed E-state index contributed by atoms with van der Waals surface area (Å²) >= 11 is 5.49. The van der Waals surface area contributed by atoms with E-state index in [0.717, 1.165) is 48.2 Å². The molecule has 0 radical (unpaired) electrons. The van der Waals surface area contributed by atoms with Crippen LogP contribution in [0.15, 0.2) is 14.4 Å². The molecule has 0 aliphatic heterocycles. The Morgan fingerprint density at radius 2 is 0.600 bits per heavy atom. The zero-order valence-corrected chi connectivity index (χ0v) is 40.1. The SMILES string of the molecule is CCCCCCCCSCCCC(=O)OCCn1c(=O)n(CCOC(=O)CCCSCCCCCCCC)c(=O)n(CCOC(=O)CCCSCCCCCCCC)c1=O. The van der Waals surface area contributed by atoms with Gasteiger partial charge in [0.25, 0.3) is 0 Å². The van der Waals surface area contributed by atoms with Crippen molar-refractivity contribution in [1.29, 1.82) is 0 Å². The quantitative estimate of drug-likeness (QED) is 0.0350. The molecule has 0 saturated carbocycles. The van der Waals surface area contributed by atoms with Crippen LogP contribution in [0.4, 0.5) is 0 Å². The highest BCUT2D eigenvalue weighted by atomic mass is 32.2. The van der Waals surface area contributed by atoms with Crippen LogP contribution >= 0.6 is 35.3 Å². The lowest BCUT2D eigenvalue weighted by Crippen LogP contribution is -2.55. The van der Waals surface area contributed by atoms with Crippen LogP contribution in [0.2, 0.25) is 0 Å². The number of unbranched alkanes of at least 4 members (excludes halogenated alkanes) is 15. The minimum atomic E-state index is -0.888. The van der Waals surface area contributed by atoms with Crippen LogP contribution in [0.3, 0.4) is 0 Å². The van der Waals surface area contributed by atoms with Crippen LogP contribution in [-0.2, 0) is 48.2 Å². The zero-order valence-electron chi connectivity index (χ0n) is 37.7. The summed E-state index contributed by atoms with van der Waals surface area (Å²) < 4.78 is 18.6. The molecule has 0 aliphatic rings. The van der Waals surface area contributed by atoms with E-state index in [1.54, 1.807) is 0 Å². The highest BCUT2D eigenvalue weighted by Gasteiger charge is 2.17. The van der Waals surface area contributed by atoms with Crippen molar-refractivity contribution in [3.05, 3.63) is 31.5 Å². The average molecular weight is 904 g/mol. The van der Waals surface area contributed by atoms with Crippen molar-refractivity contribution in [1.82, 2.24) is 13.7 Å². The largest absolute Gasteiger partial charge is 0.464 e. The molecular formula is C45H81N3O9S3. The predicted molar refractivity (Wildman–Crippen MR) is 252 cm³/mol. The summed E-state index contributed by atoms with van der Waals surface area (Å²) in [5.74, 6) is 4.51. The van der Waals surface area contributed by atoms with Gasteiger partial charge in [0.2, 0.25) is 0 Å². The molecule has 0 amide bonds. The lowest BCUT2D eigenvalue weighted by molar-refractivity contribution is -0.144. The van der Waals surface area contributed by atoms with Gasteiger partial charge >= 0.3 is 35.0 Å². The number of esters is 3. The third-order valence-corrected chi connectivity index (χ3v) is 13.5. The summed E-state index contributed by atoms with van der Waals surface area (Å²) in [6.45, 7) is 5.17. The normalized spacial score (nSPS) is 11.2. The van der Waals surface area contributed by atoms with E-state index >= 15 is 0 Å². The van der Waals surface area contributed by atoms with Crippen LogP contribution in [0, 0.1) is 0 Å². The maximum Gasteiger partial charge on any atom is 0.336 e. The number of thioether (sulfide) groups is 3. The van der Waals surface area contributed by atoms with E-state index in [1.807, 2.05) is 35.3 Å². The number of hydrogen-bond donors (Lipinski definition) is 0. The van der Waals surface area contributed by atoms with Crippen LogP contribution in [0.1, 0.15) is 175 Å². The Kier molecular flexibility index (Phi) is 37.0. The van der Waals surface area contributed by atoms with Crippen molar-refractivity contribution in [3.8, 4) is 0 Å². The van der Waals surface area contributed by atoms with E-state index in [0.29, 0.717) is 19.3 Å². The summed E-state index contributed by atoms with van der Waals surface area (Å²) in [6, 6.07) is 0. The van der Waals surface area contributed by atoms with Crippen molar-refractivity contribution in [2.45, 2.75) is 195 Å². The van der Waals surface area contributed by atoms with Crippen LogP contribution < -0.4 is 17.1 Å². The van der Waals surface area contributed by atoms with Crippen molar-refractivity contribution < 1.29 is 28.6 Å². The van der Waals surface area contributed by atoms with E-state index in [2.05, 4.69) is 20.8 Å². The molecule has 60 heavy (non-hydrogen) atoms. The molecule has 0 aromatic carbocycles. The van der Waals surface area contributed by atoms with Gasteiger partial charge in [-0.1, -0.05) is 117 Å². The van der Waals surface area contributed by atoms with Gasteiger partial charge in [0, 0.05) is 19.3 Å². The maximum atomic E-state index is 13.4. The van der Waals surface area contributed by atoms with E-state index in [1.165, 1.54) is 116 Å². The zero-order chi connectivity index (χ0) is 43.9. The molecule has 0 saturated heterocycles. The number of ether oxygens (including phenoxy) is 3. The highest BCUT2D eigenvalue weighted by molar-refractivity contribution is 7.99. The fourth-order valence-corrected chi connectivity index (χ4v) is 9.32. The van der Waals surface area contributed by atoms with Gasteiger partial charge in [-0.25, -0.2) is 28.1 Å². The number of rotatable bonds is 42. The van der Waals surface area contributed by atoms with Crippen LogP contribution in [0.25, 0.3) is 0 Å². The molecule has 15 heteroatoms. The molecule has 1 aromatic heterocycles. The molecule has 0 bridgehead atoms. The number of carbonyl (C=O) groups excluding carboxylic acids is 3. The Bertz CT molecular complexity index is 1240. The minimum absolute atomic E-state index is 0.227. The first-order chi connectivity index (χ1) is 29.3. The van der Waals surface area contributed by atoms with E-state index in [-0.39, 0.29) is 58.7 Å². The molecule has 348 valence electrons. The summed E-state index contributed by atoms with van der Waals surface area (Å²) in [4.78, 5) is 77.7. The number of aromatic nitrogens is 3. The number of nitrogens with zero attached hydrogens (tertiary/aromatic N) is 3. The fraction of sp³-hybridized carbons (Fsp3) is 0.867. The fourth-order valence-electron chi connectivity index (χ4n) is 6.44. The van der Waals surface area contributed by atoms with Gasteiger partial charge in [-0.2, -0.15) is 35.3 Å². The molecular weight excluding hydrogens is 823 g/mol. The van der Waals surface area contributed by atoms with Gasteiger partial charge in [0.1, 0.15) is 19.8 Å². The molecule has 0 N–H and O–H groups in total. The predicted octanol–water partition coefficient (Wildman–Crippen LogP) is 9.42. The van der Waals surface area contributed by atoms with Crippen molar-refractivity contribution >= 4 is 53.2 Å². The number of hydrogen-bond acceptors (Lipinski definition) is 12. The smallest absolute Gasteiger partial charge is 0.336 e. The third-order valence-electron chi connectivity index (χ3n) is 10.1. The van der Waals surface area contributed by atoms with E-state index in [9.17, 15) is 28.8 Å². The highest BCUT2D eigenvalue weighted by Crippen LogP contribution is 2.14. The topological polar surface area (TPSA) is 145 Å². The average Bonchev–Trinajstić information content (AvgIpc) is 3.23. The first-order valence-electron chi connectivity index (χ1n) is 23.4. The molecule has 0 unspecified atom stereocenters. The van der Waals surface area contributed by atoms with Crippen molar-refractivity contribution in [2.24, 2.45) is 0 Å². The second-order valence-corrected chi connectivity index (χ2v) is 19.1. The molecule has 0 atom stereocenters. The Hall–Kier alpha value is -2.13. The Morgan fingerprint density at radius 1 is 0.367 bits per heavy atom. The monoisotopic (exact) mass is 904 g/mol. The molecule has 1 heterocycles. The Balaban J connectivity index is 2.69.